The van der Waals surface area contributed by atoms with Crippen LogP contribution in [0, 0.1) is 11.6 Å². The second-order valence-corrected chi connectivity index (χ2v) is 6.86. The van der Waals surface area contributed by atoms with Crippen molar-refractivity contribution in [2.75, 3.05) is 19.7 Å². The molecule has 2 aromatic rings. The number of rotatable bonds is 4. The molecule has 0 radical (unpaired) electrons. The van der Waals surface area contributed by atoms with E-state index in [0.29, 0.717) is 36.2 Å². The van der Waals surface area contributed by atoms with Crippen molar-refractivity contribution in [3.8, 4) is 5.75 Å². The van der Waals surface area contributed by atoms with E-state index in [1.807, 2.05) is 0 Å². The van der Waals surface area contributed by atoms with Gasteiger partial charge in [0.25, 0.3) is 5.91 Å². The Kier molecular flexibility index (Phi) is 5.44. The molecule has 138 valence electrons. The second-order valence-electron chi connectivity index (χ2n) is 6.42. The van der Waals surface area contributed by atoms with Gasteiger partial charge in [0.15, 0.2) is 0 Å². The van der Waals surface area contributed by atoms with Crippen molar-refractivity contribution in [2.45, 2.75) is 18.4 Å². The topological polar surface area (TPSA) is 49.8 Å². The summed E-state index contributed by atoms with van der Waals surface area (Å²) in [4.78, 5) is 13.9. The smallest absolute Gasteiger partial charge is 0.256 e. The molecule has 1 N–H and O–H groups in total. The summed E-state index contributed by atoms with van der Waals surface area (Å²) in [5.41, 5.74) is -1.47. The molecule has 1 amide bonds. The van der Waals surface area contributed by atoms with Crippen LogP contribution in [0.5, 0.6) is 5.75 Å². The molecule has 1 fully saturated rings. The summed E-state index contributed by atoms with van der Waals surface area (Å²) >= 11 is 5.90. The summed E-state index contributed by atoms with van der Waals surface area (Å²) in [7, 11) is 0. The van der Waals surface area contributed by atoms with Crippen molar-refractivity contribution < 1.29 is 23.4 Å². The highest BCUT2D eigenvalue weighted by Gasteiger charge is 2.37. The third-order valence-corrected chi connectivity index (χ3v) is 4.54. The van der Waals surface area contributed by atoms with Crippen LogP contribution in [0.3, 0.4) is 0 Å². The number of aliphatic hydroxyl groups is 1. The van der Waals surface area contributed by atoms with Crippen molar-refractivity contribution >= 4 is 17.5 Å². The normalized spacial score (nSPS) is 20.1. The van der Waals surface area contributed by atoms with E-state index < -0.39 is 23.1 Å². The van der Waals surface area contributed by atoms with Crippen LogP contribution < -0.4 is 4.74 Å². The fraction of sp³-hybridized carbons (Fsp3) is 0.316. The highest BCUT2D eigenvalue weighted by Crippen LogP contribution is 2.25. The van der Waals surface area contributed by atoms with Gasteiger partial charge < -0.3 is 14.7 Å². The molecule has 7 heteroatoms. The van der Waals surface area contributed by atoms with E-state index in [-0.39, 0.29) is 18.7 Å². The number of ether oxygens (including phenoxy) is 1. The molecule has 0 bridgehead atoms. The Morgan fingerprint density at radius 2 is 2.08 bits per heavy atom. The molecule has 0 spiro atoms. The standard InChI is InChI=1S/C19H18ClF2NO3/c20-13-3-1-4-15(9-13)26-12-19(25)7-2-8-23(11-19)18(24)16-6-5-14(21)10-17(16)22/h1,3-6,9-10,25H,2,7-8,11-12H2. The van der Waals surface area contributed by atoms with Gasteiger partial charge in [-0.15, -0.1) is 0 Å². The number of amides is 1. The van der Waals surface area contributed by atoms with E-state index >= 15 is 0 Å². The Balaban J connectivity index is 1.68. The lowest BCUT2D eigenvalue weighted by molar-refractivity contribution is -0.0532. The Bertz CT molecular complexity index is 817. The fourth-order valence-electron chi connectivity index (χ4n) is 3.01. The molecular weight excluding hydrogens is 364 g/mol. The number of carbonyl (C=O) groups excluding carboxylic acids is 1. The SMILES string of the molecule is O=C(c1ccc(F)cc1F)N1CCCC(O)(COc2cccc(Cl)c2)C1. The van der Waals surface area contributed by atoms with E-state index in [1.54, 1.807) is 24.3 Å². The molecule has 0 saturated carbocycles. The number of likely N-dealkylation sites (tertiary alicyclic amines) is 1. The molecular formula is C19H18ClF2NO3. The minimum absolute atomic E-state index is 0.00319. The van der Waals surface area contributed by atoms with Crippen LogP contribution in [0.15, 0.2) is 42.5 Å². The number of hydrogen-bond acceptors (Lipinski definition) is 3. The van der Waals surface area contributed by atoms with Gasteiger partial charge in [0.05, 0.1) is 12.1 Å². The zero-order chi connectivity index (χ0) is 18.7. The highest BCUT2D eigenvalue weighted by molar-refractivity contribution is 6.30. The van der Waals surface area contributed by atoms with Gasteiger partial charge in [-0.1, -0.05) is 17.7 Å². The van der Waals surface area contributed by atoms with Gasteiger partial charge in [-0.05, 0) is 43.2 Å². The van der Waals surface area contributed by atoms with Crippen molar-refractivity contribution in [1.82, 2.24) is 4.90 Å². The lowest BCUT2D eigenvalue weighted by atomic mass is 9.93. The maximum atomic E-state index is 13.9. The number of carbonyl (C=O) groups is 1. The van der Waals surface area contributed by atoms with E-state index in [1.165, 1.54) is 4.90 Å². The van der Waals surface area contributed by atoms with Crippen LogP contribution >= 0.6 is 11.6 Å². The first kappa shape index (κ1) is 18.6. The number of benzene rings is 2. The molecule has 4 nitrogen and oxygen atoms in total. The zero-order valence-electron chi connectivity index (χ0n) is 13.9. The Hall–Kier alpha value is -2.18. The number of halogens is 3. The first-order valence-corrected chi connectivity index (χ1v) is 8.59. The van der Waals surface area contributed by atoms with Crippen LogP contribution in [0.25, 0.3) is 0 Å². The van der Waals surface area contributed by atoms with Gasteiger partial charge in [0, 0.05) is 17.6 Å². The summed E-state index contributed by atoms with van der Waals surface area (Å²) in [5.74, 6) is -1.73. The van der Waals surface area contributed by atoms with E-state index in [0.717, 1.165) is 12.1 Å². The van der Waals surface area contributed by atoms with Crippen LogP contribution in [-0.4, -0.2) is 41.2 Å². The molecule has 1 unspecified atom stereocenters. The van der Waals surface area contributed by atoms with Crippen LogP contribution in [0.4, 0.5) is 8.78 Å². The van der Waals surface area contributed by atoms with Crippen LogP contribution in [0.2, 0.25) is 5.02 Å². The highest BCUT2D eigenvalue weighted by atomic mass is 35.5. The van der Waals surface area contributed by atoms with Crippen molar-refractivity contribution in [1.29, 1.82) is 0 Å². The first-order chi connectivity index (χ1) is 12.4. The summed E-state index contributed by atoms with van der Waals surface area (Å²) in [6, 6.07) is 9.61. The Morgan fingerprint density at radius 3 is 2.81 bits per heavy atom. The average Bonchev–Trinajstić information content (AvgIpc) is 2.60. The van der Waals surface area contributed by atoms with Gasteiger partial charge in [0.1, 0.15) is 29.6 Å². The van der Waals surface area contributed by atoms with Crippen molar-refractivity contribution in [3.05, 3.63) is 64.7 Å². The number of β-amino-alcohol motifs (C(OH)–C–C–N with tert-alkyl or cyclic N) is 1. The minimum Gasteiger partial charge on any atom is -0.490 e. The van der Waals surface area contributed by atoms with E-state index in [4.69, 9.17) is 16.3 Å². The van der Waals surface area contributed by atoms with Gasteiger partial charge in [0.2, 0.25) is 0 Å². The van der Waals surface area contributed by atoms with Gasteiger partial charge in [-0.25, -0.2) is 8.78 Å². The molecule has 2 aromatic carbocycles. The molecule has 0 aromatic heterocycles. The maximum Gasteiger partial charge on any atom is 0.256 e. The zero-order valence-corrected chi connectivity index (χ0v) is 14.7. The van der Waals surface area contributed by atoms with Gasteiger partial charge in [-0.3, -0.25) is 4.79 Å². The lowest BCUT2D eigenvalue weighted by Gasteiger charge is -2.39. The average molecular weight is 382 g/mol. The first-order valence-electron chi connectivity index (χ1n) is 8.21. The third kappa shape index (κ3) is 4.31. The van der Waals surface area contributed by atoms with Crippen molar-refractivity contribution in [3.63, 3.8) is 0 Å². The quantitative estimate of drug-likeness (QED) is 0.879. The summed E-state index contributed by atoms with van der Waals surface area (Å²) in [6.07, 6.45) is 0.993. The van der Waals surface area contributed by atoms with Gasteiger partial charge >= 0.3 is 0 Å². The molecule has 1 aliphatic heterocycles. The fourth-order valence-corrected chi connectivity index (χ4v) is 3.19. The summed E-state index contributed by atoms with van der Waals surface area (Å²) in [5, 5.41) is 11.3. The van der Waals surface area contributed by atoms with Crippen LogP contribution in [-0.2, 0) is 0 Å². The minimum atomic E-state index is -1.26. The molecule has 1 heterocycles. The maximum absolute atomic E-state index is 13.9. The number of piperidine rings is 1. The molecule has 1 saturated heterocycles. The number of hydrogen-bond donors (Lipinski definition) is 1. The molecule has 26 heavy (non-hydrogen) atoms. The molecule has 0 aliphatic carbocycles. The van der Waals surface area contributed by atoms with E-state index in [9.17, 15) is 18.7 Å². The van der Waals surface area contributed by atoms with E-state index in [2.05, 4.69) is 0 Å². The largest absolute Gasteiger partial charge is 0.490 e. The second kappa shape index (κ2) is 7.60. The Morgan fingerprint density at radius 1 is 1.27 bits per heavy atom. The van der Waals surface area contributed by atoms with Crippen molar-refractivity contribution in [2.24, 2.45) is 0 Å². The number of nitrogens with zero attached hydrogens (tertiary/aromatic N) is 1. The van der Waals surface area contributed by atoms with Crippen LogP contribution in [0.1, 0.15) is 23.2 Å². The van der Waals surface area contributed by atoms with Gasteiger partial charge in [-0.2, -0.15) is 0 Å². The summed E-state index contributed by atoms with van der Waals surface area (Å²) < 4.78 is 32.5. The Labute approximate surface area is 155 Å². The summed E-state index contributed by atoms with van der Waals surface area (Å²) in [6.45, 7) is 0.362. The molecule has 1 aliphatic rings. The predicted octanol–water partition coefficient (Wildman–Crippen LogP) is 3.66. The predicted molar refractivity (Wildman–Crippen MR) is 93.4 cm³/mol. The third-order valence-electron chi connectivity index (χ3n) is 4.31. The molecule has 1 atom stereocenters. The monoisotopic (exact) mass is 381 g/mol. The molecule has 3 rings (SSSR count). The lowest BCUT2D eigenvalue weighted by Crippen LogP contribution is -2.53.